The molecular formula is C43H48N4O8S. The van der Waals surface area contributed by atoms with E-state index in [9.17, 15) is 0 Å². The summed E-state index contributed by atoms with van der Waals surface area (Å²) in [5.41, 5.74) is 4.27. The van der Waals surface area contributed by atoms with Crippen LogP contribution in [0.2, 0.25) is 0 Å². The van der Waals surface area contributed by atoms with E-state index < -0.39 is 0 Å². The van der Waals surface area contributed by atoms with Gasteiger partial charge in [0.05, 0.1) is 59.0 Å². The predicted molar refractivity (Wildman–Crippen MR) is 218 cm³/mol. The molecule has 0 unspecified atom stereocenters. The summed E-state index contributed by atoms with van der Waals surface area (Å²) in [6.45, 7) is 7.28. The molecule has 7 rings (SSSR count). The fourth-order valence-corrected chi connectivity index (χ4v) is 7.77. The fraction of sp³-hybridized carbons (Fsp3) is 0.349. The molecule has 0 radical (unpaired) electrons. The smallest absolute Gasteiger partial charge is 0.203 e. The summed E-state index contributed by atoms with van der Waals surface area (Å²) in [6.07, 6.45) is 1.84. The minimum atomic E-state index is 0.515. The van der Waals surface area contributed by atoms with Crippen LogP contribution in [0.4, 0.5) is 0 Å². The summed E-state index contributed by atoms with van der Waals surface area (Å²) in [5, 5.41) is 5.28. The summed E-state index contributed by atoms with van der Waals surface area (Å²) in [4.78, 5) is 9.79. The Hall–Kier alpha value is -5.50. The maximum Gasteiger partial charge on any atom is 0.203 e. The van der Waals surface area contributed by atoms with Crippen molar-refractivity contribution < 1.29 is 37.7 Å². The molecule has 1 aliphatic rings. The minimum Gasteiger partial charge on any atom is -0.493 e. The van der Waals surface area contributed by atoms with E-state index in [1.807, 2.05) is 66.7 Å². The number of thiazole rings is 1. The lowest BCUT2D eigenvalue weighted by molar-refractivity contribution is 0.120. The maximum atomic E-state index is 6.24. The Bertz CT molecular complexity index is 2160. The molecule has 0 amide bonds. The van der Waals surface area contributed by atoms with E-state index in [0.29, 0.717) is 53.4 Å². The maximum absolute atomic E-state index is 6.24. The van der Waals surface area contributed by atoms with Gasteiger partial charge in [0, 0.05) is 62.0 Å². The van der Waals surface area contributed by atoms with Crippen LogP contribution in [-0.4, -0.2) is 108 Å². The first-order chi connectivity index (χ1) is 27.5. The second kappa shape index (κ2) is 18.4. The van der Waals surface area contributed by atoms with Gasteiger partial charge in [0.2, 0.25) is 5.75 Å². The number of methoxy groups -OCH3 is 5. The molecule has 0 atom stereocenters. The Labute approximate surface area is 331 Å². The van der Waals surface area contributed by atoms with Crippen molar-refractivity contribution in [2.75, 3.05) is 88.0 Å². The predicted octanol–water partition coefficient (Wildman–Crippen LogP) is 8.18. The molecule has 2 aromatic heterocycles. The van der Waals surface area contributed by atoms with Crippen LogP contribution < -0.4 is 33.2 Å². The third-order valence-electron chi connectivity index (χ3n) is 9.84. The van der Waals surface area contributed by atoms with Gasteiger partial charge in [-0.1, -0.05) is 17.3 Å². The van der Waals surface area contributed by atoms with Crippen LogP contribution in [0.1, 0.15) is 12.8 Å². The van der Waals surface area contributed by atoms with Gasteiger partial charge < -0.3 is 47.5 Å². The minimum absolute atomic E-state index is 0.515. The highest BCUT2D eigenvalue weighted by atomic mass is 32.1. The van der Waals surface area contributed by atoms with Crippen LogP contribution in [0.15, 0.2) is 83.4 Å². The van der Waals surface area contributed by atoms with Crippen molar-refractivity contribution in [2.45, 2.75) is 12.8 Å². The number of benzene rings is 4. The molecule has 12 nitrogen and oxygen atoms in total. The fourth-order valence-electron chi connectivity index (χ4n) is 6.81. The van der Waals surface area contributed by atoms with Crippen LogP contribution in [0.25, 0.3) is 43.4 Å². The summed E-state index contributed by atoms with van der Waals surface area (Å²) in [6, 6.07) is 25.5. The summed E-state index contributed by atoms with van der Waals surface area (Å²) >= 11 is 1.68. The van der Waals surface area contributed by atoms with Crippen LogP contribution in [0.5, 0.6) is 40.2 Å². The molecule has 0 spiro atoms. The number of piperazine rings is 1. The lowest BCUT2D eigenvalue weighted by Crippen LogP contribution is -2.47. The third-order valence-corrected chi connectivity index (χ3v) is 10.9. The van der Waals surface area contributed by atoms with Crippen LogP contribution >= 0.6 is 11.3 Å². The molecule has 294 valence electrons. The Kier molecular flexibility index (Phi) is 12.8. The van der Waals surface area contributed by atoms with Gasteiger partial charge in [-0.05, 0) is 73.5 Å². The molecule has 6 aromatic rings. The van der Waals surface area contributed by atoms with Crippen molar-refractivity contribution in [3.8, 4) is 73.4 Å². The summed E-state index contributed by atoms with van der Waals surface area (Å²) in [7, 11) is 8.06. The van der Waals surface area contributed by atoms with E-state index in [2.05, 4.69) is 27.1 Å². The molecule has 4 aromatic carbocycles. The number of hydrogen-bond donors (Lipinski definition) is 0. The largest absolute Gasteiger partial charge is 0.493 e. The number of hydrogen-bond acceptors (Lipinski definition) is 13. The molecule has 1 saturated heterocycles. The molecule has 0 saturated carbocycles. The number of aromatic nitrogens is 2. The molecule has 13 heteroatoms. The van der Waals surface area contributed by atoms with Gasteiger partial charge in [-0.3, -0.25) is 0 Å². The molecule has 56 heavy (non-hydrogen) atoms. The van der Waals surface area contributed by atoms with Gasteiger partial charge in [0.15, 0.2) is 40.3 Å². The first-order valence-corrected chi connectivity index (χ1v) is 19.5. The molecule has 0 N–H and O–H groups in total. The lowest BCUT2D eigenvalue weighted by atomic mass is 10.1. The summed E-state index contributed by atoms with van der Waals surface area (Å²) < 4.78 is 47.1. The molecule has 1 fully saturated rings. The SMILES string of the molecule is COc1cc(-c2nc3ccccc3s2)ccc1OCCCN1CCN(CCCOc2cc(-c3cc(-c4cc(OC)c(OC)c(OC)c4)no3)ccc2OC)CC1. The normalized spacial score (nSPS) is 13.4. The van der Waals surface area contributed by atoms with Gasteiger partial charge in [-0.2, -0.15) is 0 Å². The lowest BCUT2D eigenvalue weighted by Gasteiger charge is -2.34. The van der Waals surface area contributed by atoms with E-state index in [1.165, 1.54) is 4.70 Å². The second-order valence-corrected chi connectivity index (χ2v) is 14.3. The Morgan fingerprint density at radius 2 is 1.18 bits per heavy atom. The Morgan fingerprint density at radius 1 is 0.589 bits per heavy atom. The monoisotopic (exact) mass is 780 g/mol. The van der Waals surface area contributed by atoms with Gasteiger partial charge in [0.1, 0.15) is 10.7 Å². The van der Waals surface area contributed by atoms with E-state index in [1.54, 1.807) is 46.9 Å². The van der Waals surface area contributed by atoms with Gasteiger partial charge in [-0.25, -0.2) is 4.98 Å². The van der Waals surface area contributed by atoms with Crippen molar-refractivity contribution in [3.63, 3.8) is 0 Å². The van der Waals surface area contributed by atoms with Crippen molar-refractivity contribution in [2.24, 2.45) is 0 Å². The van der Waals surface area contributed by atoms with E-state index in [4.69, 9.17) is 42.7 Å². The van der Waals surface area contributed by atoms with Gasteiger partial charge in [-0.15, -0.1) is 11.3 Å². The zero-order valence-electron chi connectivity index (χ0n) is 32.5. The molecular weight excluding hydrogens is 733 g/mol. The number of fused-ring (bicyclic) bond motifs is 1. The number of rotatable bonds is 18. The first-order valence-electron chi connectivity index (χ1n) is 18.7. The highest BCUT2D eigenvalue weighted by Crippen LogP contribution is 2.42. The van der Waals surface area contributed by atoms with E-state index in [-0.39, 0.29) is 0 Å². The van der Waals surface area contributed by atoms with Crippen molar-refractivity contribution in [1.29, 1.82) is 0 Å². The van der Waals surface area contributed by atoms with Gasteiger partial charge in [0.25, 0.3) is 0 Å². The average molecular weight is 781 g/mol. The zero-order valence-corrected chi connectivity index (χ0v) is 33.4. The number of para-hydroxylation sites is 1. The van der Waals surface area contributed by atoms with Gasteiger partial charge >= 0.3 is 0 Å². The first kappa shape index (κ1) is 38.8. The standard InChI is InChI=1S/C43H48N4O8S/c1-48-34-14-12-29(36-28-33(45-55-36)31-26-39(50-3)42(52-5)40(27-31)51-4)24-38(34)54-23-9-17-47-20-18-46(19-21-47)16-8-22-53-35-15-13-30(25-37(35)49-2)43-44-32-10-6-7-11-41(32)56-43/h6-7,10-15,24-28H,8-9,16-23H2,1-5H3. The third kappa shape index (κ3) is 8.96. The second-order valence-electron chi connectivity index (χ2n) is 13.3. The number of nitrogens with zero attached hydrogens (tertiary/aromatic N) is 4. The highest BCUT2D eigenvalue weighted by Gasteiger charge is 2.19. The van der Waals surface area contributed by atoms with E-state index in [0.717, 1.165) is 90.8 Å². The molecule has 0 aliphatic carbocycles. The molecule has 3 heterocycles. The number of ether oxygens (including phenoxy) is 7. The quantitative estimate of drug-likeness (QED) is 0.0785. The topological polar surface area (TPSA) is 110 Å². The van der Waals surface area contributed by atoms with Crippen LogP contribution in [0, 0.1) is 0 Å². The zero-order chi connectivity index (χ0) is 38.9. The van der Waals surface area contributed by atoms with Crippen molar-refractivity contribution >= 4 is 21.6 Å². The molecule has 1 aliphatic heterocycles. The Morgan fingerprint density at radius 3 is 1.82 bits per heavy atom. The van der Waals surface area contributed by atoms with Crippen LogP contribution in [0.3, 0.4) is 0 Å². The average Bonchev–Trinajstić information content (AvgIpc) is 3.92. The van der Waals surface area contributed by atoms with Crippen molar-refractivity contribution in [3.05, 3.63) is 78.9 Å². The molecule has 0 bridgehead atoms. The Balaban J connectivity index is 0.841. The van der Waals surface area contributed by atoms with Crippen LogP contribution in [-0.2, 0) is 0 Å². The van der Waals surface area contributed by atoms with E-state index >= 15 is 0 Å². The highest BCUT2D eigenvalue weighted by molar-refractivity contribution is 7.21. The van der Waals surface area contributed by atoms with Crippen molar-refractivity contribution in [1.82, 2.24) is 19.9 Å². The summed E-state index contributed by atoms with van der Waals surface area (Å²) in [5.74, 6) is 4.99.